The van der Waals surface area contributed by atoms with Crippen LogP contribution in [0, 0.1) is 0 Å². The van der Waals surface area contributed by atoms with Gasteiger partial charge in [-0.2, -0.15) is 0 Å². The minimum absolute atomic E-state index is 0. The molecule has 0 saturated heterocycles. The number of hydrogen-bond donors (Lipinski definition) is 0. The summed E-state index contributed by atoms with van der Waals surface area (Å²) >= 11 is 22.0. The molecule has 68 valence electrons. The standard InChI is InChI=1S/3S2.H2S.3W/c3*1-2;;;;/h;;;1H2;;;/q3*-2;;;;/p-1. The molecule has 0 saturated carbocycles. The monoisotopic (exact) mass is 777 g/mol. The average Bonchev–Trinajstić information content (AvgIpc) is 1.81. The molecular formula is HS7W3-7. The van der Waals surface area contributed by atoms with Gasteiger partial charge < -0.3 is 83.5 Å². The Morgan fingerprint density at radius 3 is 0.400 bits per heavy atom. The van der Waals surface area contributed by atoms with E-state index in [4.69, 9.17) is 0 Å². The van der Waals surface area contributed by atoms with Crippen molar-refractivity contribution in [1.29, 1.82) is 0 Å². The van der Waals surface area contributed by atoms with E-state index in [-0.39, 0.29) is 76.7 Å². The van der Waals surface area contributed by atoms with E-state index in [0.29, 0.717) is 0 Å². The molecule has 0 fully saturated rings. The maximum atomic E-state index is 3.67. The second-order valence-electron chi connectivity index (χ2n) is 0. The third-order valence-electron chi connectivity index (χ3n) is 0. The summed E-state index contributed by atoms with van der Waals surface area (Å²) in [4.78, 5) is 0. The smallest absolute Gasteiger partial charge is 0 e. The van der Waals surface area contributed by atoms with Gasteiger partial charge in [0.15, 0.2) is 0 Å². The summed E-state index contributed by atoms with van der Waals surface area (Å²) in [6, 6.07) is 0. The van der Waals surface area contributed by atoms with Crippen LogP contribution < -0.4 is 0 Å². The Hall–Kier alpha value is 4.51. The van der Waals surface area contributed by atoms with Crippen LogP contribution in [0.4, 0.5) is 0 Å². The molecule has 0 aliphatic carbocycles. The normalized spacial score (nSPS) is 1.80. The molecule has 0 N–H and O–H groups in total. The maximum Gasteiger partial charge on any atom is 0 e. The van der Waals surface area contributed by atoms with E-state index in [9.17, 15) is 0 Å². The van der Waals surface area contributed by atoms with Crippen molar-refractivity contribution >= 4 is 83.5 Å². The van der Waals surface area contributed by atoms with Crippen molar-refractivity contribution in [2.24, 2.45) is 0 Å². The molecular weight excluding hydrogens is 776 g/mol. The van der Waals surface area contributed by atoms with Crippen LogP contribution in [-0.2, 0) is 147 Å². The van der Waals surface area contributed by atoms with Crippen molar-refractivity contribution in [2.75, 3.05) is 0 Å². The first-order valence-corrected chi connectivity index (χ1v) is 4.50. The van der Waals surface area contributed by atoms with Gasteiger partial charge in [-0.3, -0.25) is 0 Å². The molecule has 0 radical (unpaired) electrons. The minimum atomic E-state index is 0. The zero-order chi connectivity index (χ0) is 6.00. The van der Waals surface area contributed by atoms with Crippen LogP contribution >= 0.6 is 0 Å². The van der Waals surface area contributed by atoms with E-state index in [2.05, 4.69) is 70.0 Å². The molecule has 0 aromatic heterocycles. The molecule has 0 spiro atoms. The van der Waals surface area contributed by atoms with Gasteiger partial charge in [0.1, 0.15) is 0 Å². The van der Waals surface area contributed by atoms with E-state index >= 15 is 0 Å². The van der Waals surface area contributed by atoms with Gasteiger partial charge in [0.2, 0.25) is 0 Å². The summed E-state index contributed by atoms with van der Waals surface area (Å²) in [6.07, 6.45) is 0. The molecule has 0 amide bonds. The van der Waals surface area contributed by atoms with Gasteiger partial charge in [0, 0.05) is 63.2 Å². The van der Waals surface area contributed by atoms with E-state index in [0.717, 1.165) is 0 Å². The van der Waals surface area contributed by atoms with Gasteiger partial charge in [-0.05, 0) is 0 Å². The molecule has 0 nitrogen and oxygen atoms in total. The first-order valence-electron chi connectivity index (χ1n) is 0.500. The van der Waals surface area contributed by atoms with Gasteiger partial charge in [0.25, 0.3) is 0 Å². The number of rotatable bonds is 0. The van der Waals surface area contributed by atoms with Crippen LogP contribution in [0.15, 0.2) is 0 Å². The van der Waals surface area contributed by atoms with Crippen LogP contribution in [-0.4, -0.2) is 0 Å². The Morgan fingerprint density at radius 1 is 0.400 bits per heavy atom. The SMILES string of the molecule is [S-][S-].[S-][S-].[S-][S-].[SH-].[W].[W].[W]. The topological polar surface area (TPSA) is 0 Å². The van der Waals surface area contributed by atoms with Crippen LogP contribution in [0.1, 0.15) is 0 Å². The summed E-state index contributed by atoms with van der Waals surface area (Å²) in [6.45, 7) is 0. The summed E-state index contributed by atoms with van der Waals surface area (Å²) < 4.78 is 0. The van der Waals surface area contributed by atoms with Crippen LogP contribution in [0.2, 0.25) is 0 Å². The average molecular weight is 777 g/mol. The van der Waals surface area contributed by atoms with Gasteiger partial charge in [0.05, 0.1) is 0 Å². The van der Waals surface area contributed by atoms with Crippen LogP contribution in [0.25, 0.3) is 0 Å². The van der Waals surface area contributed by atoms with Crippen molar-refractivity contribution in [1.82, 2.24) is 0 Å². The fourth-order valence-electron chi connectivity index (χ4n) is 0. The third kappa shape index (κ3) is 81.4. The molecule has 0 rings (SSSR count). The quantitative estimate of drug-likeness (QED) is 0.186. The molecule has 0 aliphatic heterocycles. The fourth-order valence-corrected chi connectivity index (χ4v) is 0. The Kier molecular flexibility index (Phi) is 487. The van der Waals surface area contributed by atoms with Gasteiger partial charge in [-0.25, -0.2) is 0 Å². The molecule has 10 heteroatoms. The molecule has 10 heavy (non-hydrogen) atoms. The van der Waals surface area contributed by atoms with E-state index < -0.39 is 0 Å². The Bertz CT molecular complexity index is 8.81. The summed E-state index contributed by atoms with van der Waals surface area (Å²) in [5.74, 6) is 0. The van der Waals surface area contributed by atoms with Crippen molar-refractivity contribution in [3.05, 3.63) is 0 Å². The Balaban J connectivity index is -0.00000000225. The fraction of sp³-hybridized carbons (Fsp3) is 0. The van der Waals surface area contributed by atoms with Crippen molar-refractivity contribution in [3.63, 3.8) is 0 Å². The summed E-state index contributed by atoms with van der Waals surface area (Å²) in [5, 5.41) is 0. The Morgan fingerprint density at radius 2 is 0.400 bits per heavy atom. The largest absolute Gasteiger partial charge is 1.00 e. The molecule has 0 atom stereocenters. The van der Waals surface area contributed by atoms with Gasteiger partial charge >= 0.3 is 0 Å². The van der Waals surface area contributed by atoms with E-state index in [1.807, 2.05) is 0 Å². The molecule has 0 heterocycles. The van der Waals surface area contributed by atoms with Crippen molar-refractivity contribution in [3.8, 4) is 0 Å². The second kappa shape index (κ2) is 104. The molecule has 0 aliphatic rings. The van der Waals surface area contributed by atoms with Crippen molar-refractivity contribution < 1.29 is 63.2 Å². The zero-order valence-corrected chi connectivity index (χ0v) is 18.7. The third-order valence-corrected chi connectivity index (χ3v) is 0. The molecule has 0 aromatic rings. The predicted molar refractivity (Wildman–Crippen MR) is 53.0 cm³/mol. The molecule has 0 bridgehead atoms. The first kappa shape index (κ1) is 46.9. The number of hydrogen-bond acceptors (Lipinski definition) is 7. The number of thiol groups is 1. The zero-order valence-electron chi connectivity index (χ0n) is 4.12. The van der Waals surface area contributed by atoms with Crippen LogP contribution in [0.5, 0.6) is 0 Å². The van der Waals surface area contributed by atoms with Crippen LogP contribution in [0.3, 0.4) is 0 Å². The summed E-state index contributed by atoms with van der Waals surface area (Å²) in [7, 11) is 0. The predicted octanol–water partition coefficient (Wildman–Crippen LogP) is -0.292. The summed E-state index contributed by atoms with van der Waals surface area (Å²) in [5.41, 5.74) is 0. The second-order valence-corrected chi connectivity index (χ2v) is 0. The van der Waals surface area contributed by atoms with E-state index in [1.54, 1.807) is 0 Å². The van der Waals surface area contributed by atoms with Crippen molar-refractivity contribution in [2.45, 2.75) is 0 Å². The maximum absolute atomic E-state index is 3.67. The molecule has 0 aromatic carbocycles. The minimum Gasteiger partial charge on any atom is -1.00 e. The Labute approximate surface area is 144 Å². The first-order chi connectivity index (χ1) is 3.00. The van der Waals surface area contributed by atoms with Gasteiger partial charge in [-0.1, -0.05) is 0 Å². The van der Waals surface area contributed by atoms with Gasteiger partial charge in [-0.15, -0.1) is 0 Å². The van der Waals surface area contributed by atoms with E-state index in [1.165, 1.54) is 0 Å². The molecule has 0 unspecified atom stereocenters.